The van der Waals surface area contributed by atoms with Crippen molar-refractivity contribution in [3.8, 4) is 0 Å². The van der Waals surface area contributed by atoms with Crippen molar-refractivity contribution in [1.29, 1.82) is 0 Å². The van der Waals surface area contributed by atoms with E-state index in [-0.39, 0.29) is 0 Å². The molecule has 1 nitrogen and oxygen atoms in total. The molecule has 0 radical (unpaired) electrons. The predicted octanol–water partition coefficient (Wildman–Crippen LogP) is 2.84. The van der Waals surface area contributed by atoms with E-state index >= 15 is 0 Å². The molecule has 60 valence electrons. The molecular weight excluding hydrogens is 136 g/mol. The van der Waals surface area contributed by atoms with E-state index < -0.39 is 0 Å². The van der Waals surface area contributed by atoms with E-state index in [1.807, 2.05) is 19.1 Å². The fraction of sp³-hybridized carbons (Fsp3) is 0.200. The molecular formula is C10H14O. The van der Waals surface area contributed by atoms with E-state index in [1.165, 1.54) is 0 Å². The lowest BCUT2D eigenvalue weighted by atomic mass is 10.2. The van der Waals surface area contributed by atoms with Gasteiger partial charge in [0.25, 0.3) is 0 Å². The van der Waals surface area contributed by atoms with E-state index in [0.717, 1.165) is 11.3 Å². The van der Waals surface area contributed by atoms with E-state index in [2.05, 4.69) is 13.2 Å². The zero-order valence-electron chi connectivity index (χ0n) is 7.13. The van der Waals surface area contributed by atoms with Gasteiger partial charge in [-0.05, 0) is 13.0 Å². The average Bonchev–Trinajstić information content (AvgIpc) is 2.05. The number of methoxy groups -OCH3 is 1. The normalized spacial score (nSPS) is 12.5. The molecule has 0 aliphatic rings. The van der Waals surface area contributed by atoms with Crippen molar-refractivity contribution in [2.45, 2.75) is 6.92 Å². The van der Waals surface area contributed by atoms with Gasteiger partial charge in [0.1, 0.15) is 5.76 Å². The van der Waals surface area contributed by atoms with Gasteiger partial charge in [0, 0.05) is 5.57 Å². The fourth-order valence-corrected chi connectivity index (χ4v) is 0.749. The molecule has 0 rings (SSSR count). The molecule has 0 atom stereocenters. The first-order valence-electron chi connectivity index (χ1n) is 3.46. The fourth-order valence-electron chi connectivity index (χ4n) is 0.749. The first-order chi connectivity index (χ1) is 5.29. The average molecular weight is 150 g/mol. The second-order valence-electron chi connectivity index (χ2n) is 1.93. The van der Waals surface area contributed by atoms with Crippen molar-refractivity contribution in [2.75, 3.05) is 7.11 Å². The smallest absolute Gasteiger partial charge is 0.125 e. The van der Waals surface area contributed by atoms with Crippen LogP contribution in [-0.4, -0.2) is 7.11 Å². The van der Waals surface area contributed by atoms with Crippen LogP contribution < -0.4 is 0 Å². The van der Waals surface area contributed by atoms with Crippen molar-refractivity contribution >= 4 is 0 Å². The summed E-state index contributed by atoms with van der Waals surface area (Å²) in [5, 5.41) is 0. The first kappa shape index (κ1) is 9.76. The summed E-state index contributed by atoms with van der Waals surface area (Å²) >= 11 is 0. The number of allylic oxidation sites excluding steroid dienone is 5. The van der Waals surface area contributed by atoms with Gasteiger partial charge in [-0.1, -0.05) is 31.4 Å². The molecule has 11 heavy (non-hydrogen) atoms. The third kappa shape index (κ3) is 2.89. The highest BCUT2D eigenvalue weighted by Crippen LogP contribution is 2.08. The van der Waals surface area contributed by atoms with Crippen LogP contribution >= 0.6 is 0 Å². The van der Waals surface area contributed by atoms with Crippen LogP contribution in [-0.2, 0) is 4.74 Å². The molecule has 0 aromatic heterocycles. The highest BCUT2D eigenvalue weighted by molar-refractivity contribution is 5.35. The molecule has 0 saturated heterocycles. The standard InChI is InChI=1S/C10H14O/c1-5-8-9(6-2)10(7-3)11-4/h5-8H,2-3H2,1,4H3/b8-5+,10-9-. The lowest BCUT2D eigenvalue weighted by Gasteiger charge is -2.02. The van der Waals surface area contributed by atoms with Gasteiger partial charge in [-0.2, -0.15) is 0 Å². The molecule has 0 saturated carbocycles. The SMILES string of the molecule is C=CC(/C=C/C)=C(\C=C)OC. The lowest BCUT2D eigenvalue weighted by Crippen LogP contribution is -1.85. The van der Waals surface area contributed by atoms with Crippen molar-refractivity contribution in [1.82, 2.24) is 0 Å². The Balaban J connectivity index is 4.75. The van der Waals surface area contributed by atoms with Gasteiger partial charge < -0.3 is 4.74 Å². The minimum absolute atomic E-state index is 0.748. The van der Waals surface area contributed by atoms with E-state index in [9.17, 15) is 0 Å². The minimum Gasteiger partial charge on any atom is -0.496 e. The summed E-state index contributed by atoms with van der Waals surface area (Å²) in [6.07, 6.45) is 7.25. The van der Waals surface area contributed by atoms with Crippen LogP contribution in [0.5, 0.6) is 0 Å². The highest BCUT2D eigenvalue weighted by Gasteiger charge is 1.93. The first-order valence-corrected chi connectivity index (χ1v) is 3.46. The molecule has 0 aliphatic carbocycles. The molecule has 0 bridgehead atoms. The molecule has 0 aromatic rings. The van der Waals surface area contributed by atoms with Crippen LogP contribution in [0.4, 0.5) is 0 Å². The molecule has 0 aromatic carbocycles. The molecule has 1 heteroatoms. The molecule has 0 unspecified atom stereocenters. The largest absolute Gasteiger partial charge is 0.496 e. The second kappa shape index (κ2) is 5.54. The van der Waals surface area contributed by atoms with Gasteiger partial charge in [0.2, 0.25) is 0 Å². The number of hydrogen-bond acceptors (Lipinski definition) is 1. The molecule has 0 N–H and O–H groups in total. The Morgan fingerprint density at radius 3 is 2.18 bits per heavy atom. The number of rotatable bonds is 4. The van der Waals surface area contributed by atoms with Crippen molar-refractivity contribution in [3.63, 3.8) is 0 Å². The highest BCUT2D eigenvalue weighted by atomic mass is 16.5. The Bertz CT molecular complexity index is 197. The number of ether oxygens (including phenoxy) is 1. The van der Waals surface area contributed by atoms with Gasteiger partial charge in [-0.15, -0.1) is 0 Å². The van der Waals surface area contributed by atoms with Crippen LogP contribution in [0.3, 0.4) is 0 Å². The van der Waals surface area contributed by atoms with Gasteiger partial charge in [0.15, 0.2) is 0 Å². The summed E-state index contributed by atoms with van der Waals surface area (Å²) in [5.41, 5.74) is 0.949. The van der Waals surface area contributed by atoms with Crippen molar-refractivity contribution < 1.29 is 4.74 Å². The van der Waals surface area contributed by atoms with E-state index in [0.29, 0.717) is 0 Å². The maximum Gasteiger partial charge on any atom is 0.125 e. The van der Waals surface area contributed by atoms with E-state index in [4.69, 9.17) is 4.74 Å². The Labute approximate surface area is 68.4 Å². The third-order valence-corrected chi connectivity index (χ3v) is 1.26. The van der Waals surface area contributed by atoms with Gasteiger partial charge in [-0.3, -0.25) is 0 Å². The quantitative estimate of drug-likeness (QED) is 0.442. The summed E-state index contributed by atoms with van der Waals surface area (Å²) in [5.74, 6) is 0.748. The summed E-state index contributed by atoms with van der Waals surface area (Å²) in [6.45, 7) is 9.22. The molecule has 0 heterocycles. The summed E-state index contributed by atoms with van der Waals surface area (Å²) < 4.78 is 5.04. The van der Waals surface area contributed by atoms with Gasteiger partial charge >= 0.3 is 0 Å². The molecule has 0 spiro atoms. The molecule has 0 aliphatic heterocycles. The Morgan fingerprint density at radius 1 is 1.27 bits per heavy atom. The monoisotopic (exact) mass is 150 g/mol. The summed E-state index contributed by atoms with van der Waals surface area (Å²) in [6, 6.07) is 0. The van der Waals surface area contributed by atoms with Crippen molar-refractivity contribution in [2.24, 2.45) is 0 Å². The predicted molar refractivity (Wildman–Crippen MR) is 49.2 cm³/mol. The van der Waals surface area contributed by atoms with Crippen LogP contribution in [0.2, 0.25) is 0 Å². The summed E-state index contributed by atoms with van der Waals surface area (Å²) in [7, 11) is 1.62. The molecule has 0 fully saturated rings. The van der Waals surface area contributed by atoms with Gasteiger partial charge in [0.05, 0.1) is 7.11 Å². The van der Waals surface area contributed by atoms with Gasteiger partial charge in [-0.25, -0.2) is 0 Å². The zero-order chi connectivity index (χ0) is 8.69. The topological polar surface area (TPSA) is 9.23 Å². The van der Waals surface area contributed by atoms with Crippen LogP contribution in [0, 0.1) is 0 Å². The number of hydrogen-bond donors (Lipinski definition) is 0. The Kier molecular flexibility index (Phi) is 4.91. The van der Waals surface area contributed by atoms with Crippen LogP contribution in [0.25, 0.3) is 0 Å². The lowest BCUT2D eigenvalue weighted by molar-refractivity contribution is 0.305. The third-order valence-electron chi connectivity index (χ3n) is 1.26. The summed E-state index contributed by atoms with van der Waals surface area (Å²) in [4.78, 5) is 0. The molecule has 0 amide bonds. The second-order valence-corrected chi connectivity index (χ2v) is 1.93. The Morgan fingerprint density at radius 2 is 1.91 bits per heavy atom. The zero-order valence-corrected chi connectivity index (χ0v) is 7.13. The van der Waals surface area contributed by atoms with Crippen molar-refractivity contribution in [3.05, 3.63) is 48.8 Å². The maximum atomic E-state index is 5.04. The maximum absolute atomic E-state index is 5.04. The van der Waals surface area contributed by atoms with Crippen LogP contribution in [0.15, 0.2) is 48.8 Å². The van der Waals surface area contributed by atoms with Crippen LogP contribution in [0.1, 0.15) is 6.92 Å². The Hall–Kier alpha value is -1.24. The van der Waals surface area contributed by atoms with E-state index in [1.54, 1.807) is 19.3 Å². The minimum atomic E-state index is 0.748.